The van der Waals surface area contributed by atoms with Gasteiger partial charge in [0.15, 0.2) is 5.82 Å². The first-order chi connectivity index (χ1) is 18.6. The molecule has 1 saturated carbocycles. The van der Waals surface area contributed by atoms with Gasteiger partial charge in [-0.1, -0.05) is 24.3 Å². The molecule has 2 heterocycles. The molecule has 40 heavy (non-hydrogen) atoms. The molecular weight excluding hydrogens is 562 g/mol. The summed E-state index contributed by atoms with van der Waals surface area (Å²) in [5, 5.41) is 10.4. The average molecular weight is 583 g/mol. The summed E-state index contributed by atoms with van der Waals surface area (Å²) in [7, 11) is -3.88. The molecule has 0 radical (unpaired) electrons. The second kappa shape index (κ2) is 9.59. The molecule has 8 nitrogen and oxygen atoms in total. The Morgan fingerprint density at radius 3 is 2.20 bits per heavy atom. The molecule has 5 rings (SSSR count). The maximum atomic E-state index is 13.8. The van der Waals surface area contributed by atoms with Crippen LogP contribution in [-0.4, -0.2) is 35.1 Å². The van der Waals surface area contributed by atoms with E-state index in [1.807, 2.05) is 0 Å². The standard InChI is InChI=1S/C25H20F6N6O2S/c26-24(27,28)16-3-1-2-15(12-16)18-8-9-19-20(34-18)21(37-23(10-11-23)25(29,30)31)36-22(35-19)33-13-14-4-6-17(7-5-14)40(32,38)39/h1-9,12H,10-11,13H2,(H2,32,38,39)(H2,33,35,36,37). The van der Waals surface area contributed by atoms with Gasteiger partial charge in [0.05, 0.1) is 21.7 Å². The van der Waals surface area contributed by atoms with Gasteiger partial charge in [0, 0.05) is 12.1 Å². The predicted octanol–water partition coefficient (Wildman–Crippen LogP) is 5.48. The third-order valence-electron chi connectivity index (χ3n) is 6.38. The molecule has 0 spiro atoms. The summed E-state index contributed by atoms with van der Waals surface area (Å²) in [6.45, 7) is 0.0933. The molecule has 1 fully saturated rings. The Morgan fingerprint density at radius 2 is 1.60 bits per heavy atom. The number of primary sulfonamides is 1. The van der Waals surface area contributed by atoms with Crippen molar-refractivity contribution >= 4 is 32.8 Å². The van der Waals surface area contributed by atoms with E-state index in [0.29, 0.717) is 5.56 Å². The van der Waals surface area contributed by atoms with Crippen molar-refractivity contribution in [3.8, 4) is 11.3 Å². The maximum absolute atomic E-state index is 13.8. The number of nitrogens with two attached hydrogens (primary N) is 1. The molecule has 0 saturated heterocycles. The molecule has 1 aliphatic carbocycles. The van der Waals surface area contributed by atoms with Crippen molar-refractivity contribution in [1.82, 2.24) is 15.0 Å². The van der Waals surface area contributed by atoms with Crippen molar-refractivity contribution in [1.29, 1.82) is 0 Å². The van der Waals surface area contributed by atoms with E-state index in [0.717, 1.165) is 12.1 Å². The highest BCUT2D eigenvalue weighted by atomic mass is 32.2. The number of alkyl halides is 6. The lowest BCUT2D eigenvalue weighted by Gasteiger charge is -2.22. The number of benzene rings is 2. The largest absolute Gasteiger partial charge is 0.416 e. The van der Waals surface area contributed by atoms with Crippen molar-refractivity contribution in [2.45, 2.75) is 42.2 Å². The zero-order chi connectivity index (χ0) is 28.9. The fraction of sp³-hybridized carbons (Fsp3) is 0.240. The lowest BCUT2D eigenvalue weighted by molar-refractivity contribution is -0.151. The van der Waals surface area contributed by atoms with Crippen LogP contribution in [0, 0.1) is 0 Å². The Morgan fingerprint density at radius 1 is 0.900 bits per heavy atom. The van der Waals surface area contributed by atoms with E-state index in [4.69, 9.17) is 5.14 Å². The van der Waals surface area contributed by atoms with Crippen LogP contribution in [0.3, 0.4) is 0 Å². The molecule has 0 amide bonds. The molecule has 0 bridgehead atoms. The van der Waals surface area contributed by atoms with Gasteiger partial charge in [-0.25, -0.2) is 23.5 Å². The van der Waals surface area contributed by atoms with Crippen LogP contribution in [0.5, 0.6) is 0 Å². The number of sulfonamides is 1. The highest BCUT2D eigenvalue weighted by Crippen LogP contribution is 2.51. The number of fused-ring (bicyclic) bond motifs is 1. The van der Waals surface area contributed by atoms with E-state index in [1.54, 1.807) is 0 Å². The van der Waals surface area contributed by atoms with Crippen LogP contribution in [0.25, 0.3) is 22.3 Å². The minimum Gasteiger partial charge on any atom is -0.354 e. The number of pyridine rings is 1. The maximum Gasteiger partial charge on any atom is 0.416 e. The van der Waals surface area contributed by atoms with Crippen LogP contribution in [0.4, 0.5) is 38.1 Å². The molecule has 2 aromatic heterocycles. The van der Waals surface area contributed by atoms with E-state index in [1.165, 1.54) is 48.5 Å². The van der Waals surface area contributed by atoms with E-state index < -0.39 is 33.5 Å². The van der Waals surface area contributed by atoms with E-state index in [2.05, 4.69) is 25.6 Å². The van der Waals surface area contributed by atoms with Crippen LogP contribution in [0.1, 0.15) is 24.0 Å². The van der Waals surface area contributed by atoms with Gasteiger partial charge < -0.3 is 10.6 Å². The van der Waals surface area contributed by atoms with Crippen LogP contribution in [-0.2, 0) is 22.7 Å². The summed E-state index contributed by atoms with van der Waals surface area (Å²) in [4.78, 5) is 12.8. The van der Waals surface area contributed by atoms with E-state index >= 15 is 0 Å². The molecule has 4 aromatic rings. The minimum absolute atomic E-state index is 0.0443. The summed E-state index contributed by atoms with van der Waals surface area (Å²) < 4.78 is 104. The number of aromatic nitrogens is 3. The summed E-state index contributed by atoms with van der Waals surface area (Å²) in [6, 6.07) is 12.9. The van der Waals surface area contributed by atoms with Gasteiger partial charge in [0.2, 0.25) is 16.0 Å². The lowest BCUT2D eigenvalue weighted by Crippen LogP contribution is -2.39. The molecule has 0 unspecified atom stereocenters. The van der Waals surface area contributed by atoms with E-state index in [-0.39, 0.29) is 58.3 Å². The number of nitrogens with one attached hydrogen (secondary N) is 2. The molecule has 15 heteroatoms. The monoisotopic (exact) mass is 582 g/mol. The average Bonchev–Trinajstić information content (AvgIpc) is 3.68. The number of nitrogens with zero attached hydrogens (tertiary/aromatic N) is 3. The quantitative estimate of drug-likeness (QED) is 0.247. The number of hydrogen-bond acceptors (Lipinski definition) is 7. The minimum atomic E-state index is -4.59. The van der Waals surface area contributed by atoms with Crippen molar-refractivity contribution in [2.24, 2.45) is 5.14 Å². The third-order valence-corrected chi connectivity index (χ3v) is 7.31. The number of halogens is 6. The number of hydrogen-bond donors (Lipinski definition) is 3. The first kappa shape index (κ1) is 27.6. The van der Waals surface area contributed by atoms with Crippen molar-refractivity contribution in [3.05, 3.63) is 71.8 Å². The summed E-state index contributed by atoms with van der Waals surface area (Å²) in [6.07, 6.45) is -9.54. The highest BCUT2D eigenvalue weighted by Gasteiger charge is 2.64. The molecule has 2 aromatic carbocycles. The van der Waals surface area contributed by atoms with Gasteiger partial charge in [0.25, 0.3) is 0 Å². The Bertz CT molecular complexity index is 1690. The summed E-state index contributed by atoms with van der Waals surface area (Å²) in [5.41, 5.74) is -2.18. The zero-order valence-corrected chi connectivity index (χ0v) is 21.1. The second-order valence-corrected chi connectivity index (χ2v) is 10.8. The smallest absolute Gasteiger partial charge is 0.354 e. The van der Waals surface area contributed by atoms with Crippen LogP contribution in [0.15, 0.2) is 65.6 Å². The Labute approximate surface area is 223 Å². The lowest BCUT2D eigenvalue weighted by atomic mass is 10.1. The molecule has 4 N–H and O–H groups in total. The predicted molar refractivity (Wildman–Crippen MR) is 135 cm³/mol. The zero-order valence-electron chi connectivity index (χ0n) is 20.3. The Balaban J connectivity index is 1.51. The normalized spacial score (nSPS) is 15.2. The molecule has 0 aliphatic heterocycles. The molecule has 0 atom stereocenters. The SMILES string of the molecule is NS(=O)(=O)c1ccc(CNc2nc(NC3(C(F)(F)F)CC3)c3nc(-c4cccc(C(F)(F)F)c4)ccc3n2)cc1. The van der Waals surface area contributed by atoms with Crippen molar-refractivity contribution in [3.63, 3.8) is 0 Å². The van der Waals surface area contributed by atoms with Crippen LogP contribution in [0.2, 0.25) is 0 Å². The van der Waals surface area contributed by atoms with Crippen molar-refractivity contribution < 1.29 is 34.8 Å². The number of rotatable bonds is 7. The van der Waals surface area contributed by atoms with Gasteiger partial charge in [0.1, 0.15) is 11.1 Å². The summed E-state index contributed by atoms with van der Waals surface area (Å²) in [5.74, 6) is -0.280. The first-order valence-electron chi connectivity index (χ1n) is 11.7. The van der Waals surface area contributed by atoms with Crippen molar-refractivity contribution in [2.75, 3.05) is 10.6 Å². The van der Waals surface area contributed by atoms with Crippen LogP contribution >= 0.6 is 0 Å². The third kappa shape index (κ3) is 5.65. The topological polar surface area (TPSA) is 123 Å². The molecule has 1 aliphatic rings. The first-order valence-corrected chi connectivity index (χ1v) is 13.3. The Kier molecular flexibility index (Phi) is 6.61. The second-order valence-electron chi connectivity index (χ2n) is 9.29. The van der Waals surface area contributed by atoms with Gasteiger partial charge in [-0.05, 0) is 54.8 Å². The molecule has 210 valence electrons. The van der Waals surface area contributed by atoms with Gasteiger partial charge in [-0.15, -0.1) is 0 Å². The van der Waals surface area contributed by atoms with Crippen LogP contribution < -0.4 is 15.8 Å². The highest BCUT2D eigenvalue weighted by molar-refractivity contribution is 7.89. The van der Waals surface area contributed by atoms with Gasteiger partial charge in [-0.2, -0.15) is 31.3 Å². The molecular formula is C25H20F6N6O2S. The number of anilines is 2. The fourth-order valence-electron chi connectivity index (χ4n) is 4.01. The fourth-order valence-corrected chi connectivity index (χ4v) is 4.52. The Hall–Kier alpha value is -3.98. The summed E-state index contributed by atoms with van der Waals surface area (Å²) >= 11 is 0. The van der Waals surface area contributed by atoms with E-state index in [9.17, 15) is 34.8 Å². The van der Waals surface area contributed by atoms with Gasteiger partial charge in [-0.3, -0.25) is 0 Å². The van der Waals surface area contributed by atoms with Gasteiger partial charge >= 0.3 is 12.4 Å².